The highest BCUT2D eigenvalue weighted by atomic mass is 14.9. The van der Waals surface area contributed by atoms with E-state index in [0.717, 1.165) is 12.5 Å². The minimum absolute atomic E-state index is 0.412. The van der Waals surface area contributed by atoms with Crippen LogP contribution < -0.4 is 5.32 Å². The molecule has 0 spiro atoms. The van der Waals surface area contributed by atoms with Crippen LogP contribution >= 0.6 is 0 Å². The van der Waals surface area contributed by atoms with Crippen molar-refractivity contribution in [2.75, 3.05) is 6.54 Å². The molecule has 0 aromatic carbocycles. The Morgan fingerprint density at radius 1 is 1.60 bits per heavy atom. The Bertz CT molecular complexity index is 319. The van der Waals surface area contributed by atoms with Crippen LogP contribution in [0.1, 0.15) is 38.8 Å². The van der Waals surface area contributed by atoms with Gasteiger partial charge in [-0.2, -0.15) is 0 Å². The van der Waals surface area contributed by atoms with Crippen LogP contribution in [0.25, 0.3) is 0 Å². The first-order valence-corrected chi connectivity index (χ1v) is 5.73. The predicted molar refractivity (Wildman–Crippen MR) is 62.5 cm³/mol. The monoisotopic (exact) mass is 204 g/mol. The van der Waals surface area contributed by atoms with Gasteiger partial charge in [-0.05, 0) is 42.9 Å². The highest BCUT2D eigenvalue weighted by Gasteiger charge is 2.44. The lowest BCUT2D eigenvalue weighted by molar-refractivity contribution is 0.484. The summed E-state index contributed by atoms with van der Waals surface area (Å²) in [7, 11) is 0. The van der Waals surface area contributed by atoms with Crippen molar-refractivity contribution in [3.05, 3.63) is 30.1 Å². The summed E-state index contributed by atoms with van der Waals surface area (Å²) >= 11 is 0. The second-order valence-electron chi connectivity index (χ2n) is 5.31. The Hall–Kier alpha value is -0.890. The van der Waals surface area contributed by atoms with Crippen LogP contribution in [-0.4, -0.2) is 11.5 Å². The van der Waals surface area contributed by atoms with Gasteiger partial charge in [-0.1, -0.05) is 19.9 Å². The minimum Gasteiger partial charge on any atom is -0.310 e. The van der Waals surface area contributed by atoms with Gasteiger partial charge in [-0.15, -0.1) is 0 Å². The fourth-order valence-corrected chi connectivity index (χ4v) is 1.99. The molecule has 1 aromatic heterocycles. The summed E-state index contributed by atoms with van der Waals surface area (Å²) in [6.07, 6.45) is 5.12. The highest BCUT2D eigenvalue weighted by molar-refractivity contribution is 5.13. The Morgan fingerprint density at radius 3 is 2.87 bits per heavy atom. The fraction of sp³-hybridized carbons (Fsp3) is 0.615. The van der Waals surface area contributed by atoms with Gasteiger partial charge in [0.1, 0.15) is 0 Å². The molecule has 2 atom stereocenters. The van der Waals surface area contributed by atoms with Gasteiger partial charge in [-0.25, -0.2) is 0 Å². The van der Waals surface area contributed by atoms with Crippen LogP contribution in [0.3, 0.4) is 0 Å². The molecule has 1 N–H and O–H groups in total. The van der Waals surface area contributed by atoms with E-state index in [4.69, 9.17) is 0 Å². The lowest BCUT2D eigenvalue weighted by Crippen LogP contribution is -2.22. The van der Waals surface area contributed by atoms with Crippen LogP contribution in [0.4, 0.5) is 0 Å². The summed E-state index contributed by atoms with van der Waals surface area (Å²) in [6, 6.07) is 4.53. The first-order chi connectivity index (χ1) is 7.09. The average molecular weight is 204 g/mol. The molecule has 0 saturated heterocycles. The zero-order valence-corrected chi connectivity index (χ0v) is 9.83. The fourth-order valence-electron chi connectivity index (χ4n) is 1.99. The van der Waals surface area contributed by atoms with Gasteiger partial charge < -0.3 is 5.32 Å². The molecule has 0 aliphatic heterocycles. The van der Waals surface area contributed by atoms with Crippen LogP contribution in [0.15, 0.2) is 24.5 Å². The summed E-state index contributed by atoms with van der Waals surface area (Å²) in [5, 5.41) is 3.58. The number of pyridine rings is 1. The second-order valence-corrected chi connectivity index (χ2v) is 5.31. The van der Waals surface area contributed by atoms with Gasteiger partial charge in [-0.3, -0.25) is 4.98 Å². The van der Waals surface area contributed by atoms with Crippen LogP contribution in [0.5, 0.6) is 0 Å². The largest absolute Gasteiger partial charge is 0.310 e. The Labute approximate surface area is 92.1 Å². The number of rotatable bonds is 4. The lowest BCUT2D eigenvalue weighted by atomic mass is 10.1. The third-order valence-electron chi connectivity index (χ3n) is 3.57. The molecule has 0 bridgehead atoms. The van der Waals surface area contributed by atoms with E-state index in [0.29, 0.717) is 11.5 Å². The topological polar surface area (TPSA) is 24.9 Å². The second kappa shape index (κ2) is 3.93. The molecule has 2 nitrogen and oxygen atoms in total. The summed E-state index contributed by atoms with van der Waals surface area (Å²) in [4.78, 5) is 4.14. The molecule has 2 heteroatoms. The average Bonchev–Trinajstić information content (AvgIpc) is 2.84. The van der Waals surface area contributed by atoms with Crippen LogP contribution in [-0.2, 0) is 0 Å². The van der Waals surface area contributed by atoms with E-state index >= 15 is 0 Å². The van der Waals surface area contributed by atoms with Gasteiger partial charge in [0.25, 0.3) is 0 Å². The molecular weight excluding hydrogens is 184 g/mol. The predicted octanol–water partition coefficient (Wildman–Crippen LogP) is 2.78. The molecule has 0 amide bonds. The van der Waals surface area contributed by atoms with Gasteiger partial charge in [0, 0.05) is 18.4 Å². The molecular formula is C13H20N2. The van der Waals surface area contributed by atoms with Crippen LogP contribution in [0.2, 0.25) is 0 Å². The van der Waals surface area contributed by atoms with E-state index in [-0.39, 0.29) is 0 Å². The smallest absolute Gasteiger partial charge is 0.0315 e. The summed E-state index contributed by atoms with van der Waals surface area (Å²) in [6.45, 7) is 8.01. The van der Waals surface area contributed by atoms with E-state index in [1.54, 1.807) is 0 Å². The molecule has 1 aliphatic rings. The quantitative estimate of drug-likeness (QED) is 0.815. The SMILES string of the molecule is CC(NCC1CC1(C)C)c1cccnc1. The summed E-state index contributed by atoms with van der Waals surface area (Å²) in [5.74, 6) is 0.858. The van der Waals surface area contributed by atoms with Gasteiger partial charge >= 0.3 is 0 Å². The van der Waals surface area contributed by atoms with Crippen LogP contribution in [0, 0.1) is 11.3 Å². The van der Waals surface area contributed by atoms with Gasteiger partial charge in [0.05, 0.1) is 0 Å². The van der Waals surface area contributed by atoms with E-state index < -0.39 is 0 Å². The van der Waals surface area contributed by atoms with E-state index in [1.807, 2.05) is 18.5 Å². The lowest BCUT2D eigenvalue weighted by Gasteiger charge is -2.14. The molecule has 15 heavy (non-hydrogen) atoms. The molecule has 1 fully saturated rings. The van der Waals surface area contributed by atoms with Crippen molar-refractivity contribution in [2.45, 2.75) is 33.2 Å². The standard InChI is InChI=1S/C13H20N2/c1-10(11-5-4-6-14-8-11)15-9-12-7-13(12,2)3/h4-6,8,10,12,15H,7,9H2,1-3H3. The van der Waals surface area contributed by atoms with E-state index in [2.05, 4.69) is 37.1 Å². The maximum Gasteiger partial charge on any atom is 0.0315 e. The molecule has 0 radical (unpaired) electrons. The third kappa shape index (κ3) is 2.57. The van der Waals surface area contributed by atoms with Crippen molar-refractivity contribution < 1.29 is 0 Å². The Morgan fingerprint density at radius 2 is 2.33 bits per heavy atom. The number of hydrogen-bond donors (Lipinski definition) is 1. The Balaban J connectivity index is 1.81. The first kappa shape index (κ1) is 10.6. The highest BCUT2D eigenvalue weighted by Crippen LogP contribution is 2.51. The maximum absolute atomic E-state index is 4.14. The molecule has 1 saturated carbocycles. The van der Waals surface area contributed by atoms with E-state index in [9.17, 15) is 0 Å². The number of nitrogens with one attached hydrogen (secondary N) is 1. The van der Waals surface area contributed by atoms with E-state index in [1.165, 1.54) is 12.0 Å². The zero-order chi connectivity index (χ0) is 10.9. The van der Waals surface area contributed by atoms with Crippen molar-refractivity contribution >= 4 is 0 Å². The number of hydrogen-bond acceptors (Lipinski definition) is 2. The molecule has 82 valence electrons. The number of nitrogens with zero attached hydrogens (tertiary/aromatic N) is 1. The molecule has 1 heterocycles. The normalized spacial score (nSPS) is 24.9. The van der Waals surface area contributed by atoms with Crippen molar-refractivity contribution in [3.8, 4) is 0 Å². The van der Waals surface area contributed by atoms with Gasteiger partial charge in [0.2, 0.25) is 0 Å². The Kier molecular flexibility index (Phi) is 2.79. The van der Waals surface area contributed by atoms with Crippen molar-refractivity contribution in [2.24, 2.45) is 11.3 Å². The maximum atomic E-state index is 4.14. The molecule has 2 rings (SSSR count). The molecule has 2 unspecified atom stereocenters. The first-order valence-electron chi connectivity index (χ1n) is 5.73. The minimum atomic E-state index is 0.412. The van der Waals surface area contributed by atoms with Crippen molar-refractivity contribution in [1.82, 2.24) is 10.3 Å². The van der Waals surface area contributed by atoms with Gasteiger partial charge in [0.15, 0.2) is 0 Å². The molecule has 1 aromatic rings. The summed E-state index contributed by atoms with van der Waals surface area (Å²) in [5.41, 5.74) is 1.85. The zero-order valence-electron chi connectivity index (χ0n) is 9.83. The summed E-state index contributed by atoms with van der Waals surface area (Å²) < 4.78 is 0. The van der Waals surface area contributed by atoms with Crippen molar-refractivity contribution in [3.63, 3.8) is 0 Å². The number of aromatic nitrogens is 1. The molecule has 1 aliphatic carbocycles. The third-order valence-corrected chi connectivity index (χ3v) is 3.57. The van der Waals surface area contributed by atoms with Crippen molar-refractivity contribution in [1.29, 1.82) is 0 Å².